The van der Waals surface area contributed by atoms with E-state index in [-0.39, 0.29) is 6.10 Å². The van der Waals surface area contributed by atoms with Gasteiger partial charge in [0.05, 0.1) is 6.10 Å². The van der Waals surface area contributed by atoms with Crippen LogP contribution in [0.4, 0.5) is 0 Å². The van der Waals surface area contributed by atoms with Crippen molar-refractivity contribution in [2.45, 2.75) is 31.8 Å². The van der Waals surface area contributed by atoms with Crippen LogP contribution >= 0.6 is 11.6 Å². The van der Waals surface area contributed by atoms with Crippen LogP contribution in [-0.2, 0) is 0 Å². The smallest absolute Gasteiger partial charge is 0.0583 e. The van der Waals surface area contributed by atoms with E-state index in [9.17, 15) is 5.11 Å². The van der Waals surface area contributed by atoms with Crippen LogP contribution in [0.25, 0.3) is 0 Å². The Bertz CT molecular complexity index is 299. The molecule has 1 aromatic carbocycles. The highest BCUT2D eigenvalue weighted by atomic mass is 35.5. The molecule has 0 aliphatic heterocycles. The van der Waals surface area contributed by atoms with Gasteiger partial charge in [-0.1, -0.05) is 23.7 Å². The number of aliphatic hydroxyl groups is 1. The highest BCUT2D eigenvalue weighted by Gasteiger charge is 2.34. The Hall–Kier alpha value is -0.530. The molecule has 0 spiro atoms. The summed E-state index contributed by atoms with van der Waals surface area (Å²) in [6.45, 7) is 1.87. The van der Waals surface area contributed by atoms with E-state index < -0.39 is 0 Å². The third-order valence-electron chi connectivity index (χ3n) is 2.90. The molecule has 2 atom stereocenters. The van der Waals surface area contributed by atoms with Crippen molar-refractivity contribution < 1.29 is 5.11 Å². The molecule has 2 unspecified atom stereocenters. The van der Waals surface area contributed by atoms with E-state index in [1.54, 1.807) is 0 Å². The fourth-order valence-corrected chi connectivity index (χ4v) is 2.21. The van der Waals surface area contributed by atoms with Gasteiger partial charge in [0.2, 0.25) is 0 Å². The van der Waals surface area contributed by atoms with Gasteiger partial charge in [0.1, 0.15) is 0 Å². The van der Waals surface area contributed by atoms with E-state index in [0.29, 0.717) is 11.8 Å². The highest BCUT2D eigenvalue weighted by molar-refractivity contribution is 6.30. The molecule has 14 heavy (non-hydrogen) atoms. The van der Waals surface area contributed by atoms with Crippen LogP contribution < -0.4 is 0 Å². The molecule has 1 nitrogen and oxygen atoms in total. The minimum absolute atomic E-state index is 0.260. The number of halogens is 1. The fraction of sp³-hybridized carbons (Fsp3) is 0.500. The van der Waals surface area contributed by atoms with E-state index in [1.165, 1.54) is 18.4 Å². The quantitative estimate of drug-likeness (QED) is 0.813. The number of rotatable bonds is 3. The Balaban J connectivity index is 2.21. The van der Waals surface area contributed by atoms with Gasteiger partial charge in [-0.05, 0) is 43.4 Å². The van der Waals surface area contributed by atoms with Gasteiger partial charge in [-0.2, -0.15) is 0 Å². The number of aliphatic hydroxyl groups excluding tert-OH is 1. The first-order valence-corrected chi connectivity index (χ1v) is 5.50. The molecule has 1 fully saturated rings. The molecule has 1 aromatic rings. The lowest BCUT2D eigenvalue weighted by atomic mass is 9.90. The first kappa shape index (κ1) is 10.0. The molecule has 2 rings (SSSR count). The van der Waals surface area contributed by atoms with Crippen molar-refractivity contribution in [3.63, 3.8) is 0 Å². The summed E-state index contributed by atoms with van der Waals surface area (Å²) in [6, 6.07) is 7.85. The van der Waals surface area contributed by atoms with Gasteiger partial charge in [-0.15, -0.1) is 0 Å². The molecule has 0 bridgehead atoms. The van der Waals surface area contributed by atoms with Crippen molar-refractivity contribution in [3.05, 3.63) is 34.9 Å². The zero-order valence-electron chi connectivity index (χ0n) is 8.28. The van der Waals surface area contributed by atoms with Gasteiger partial charge in [0.25, 0.3) is 0 Å². The molecule has 0 aromatic heterocycles. The van der Waals surface area contributed by atoms with Gasteiger partial charge in [-0.25, -0.2) is 0 Å². The first-order valence-electron chi connectivity index (χ1n) is 5.12. The monoisotopic (exact) mass is 210 g/mol. The van der Waals surface area contributed by atoms with Crippen LogP contribution in [0, 0.1) is 5.92 Å². The average Bonchev–Trinajstić information content (AvgIpc) is 2.92. The maximum Gasteiger partial charge on any atom is 0.0583 e. The third kappa shape index (κ3) is 2.10. The van der Waals surface area contributed by atoms with Crippen LogP contribution in [0.5, 0.6) is 0 Å². The lowest BCUT2D eigenvalue weighted by Crippen LogP contribution is -2.16. The van der Waals surface area contributed by atoms with Gasteiger partial charge in [0.15, 0.2) is 0 Å². The van der Waals surface area contributed by atoms with Crippen molar-refractivity contribution in [1.29, 1.82) is 0 Å². The Morgan fingerprint density at radius 3 is 2.29 bits per heavy atom. The van der Waals surface area contributed by atoms with Gasteiger partial charge < -0.3 is 5.11 Å². The van der Waals surface area contributed by atoms with Crippen molar-refractivity contribution >= 4 is 11.6 Å². The lowest BCUT2D eigenvalue weighted by Gasteiger charge is -2.19. The number of hydrogen-bond acceptors (Lipinski definition) is 1. The molecule has 1 aliphatic rings. The largest absolute Gasteiger partial charge is 0.393 e. The summed E-state index contributed by atoms with van der Waals surface area (Å²) in [5.74, 6) is 0.975. The summed E-state index contributed by atoms with van der Waals surface area (Å²) in [5.41, 5.74) is 1.21. The van der Waals surface area contributed by atoms with E-state index in [2.05, 4.69) is 0 Å². The molecule has 0 heterocycles. The molecular weight excluding hydrogens is 196 g/mol. The van der Waals surface area contributed by atoms with Crippen molar-refractivity contribution in [3.8, 4) is 0 Å². The molecule has 1 aliphatic carbocycles. The Morgan fingerprint density at radius 1 is 1.29 bits per heavy atom. The summed E-state index contributed by atoms with van der Waals surface area (Å²) in [7, 11) is 0. The highest BCUT2D eigenvalue weighted by Crippen LogP contribution is 2.44. The van der Waals surface area contributed by atoms with Gasteiger partial charge in [-0.3, -0.25) is 0 Å². The van der Waals surface area contributed by atoms with Gasteiger partial charge >= 0.3 is 0 Å². The van der Waals surface area contributed by atoms with Crippen LogP contribution in [0.2, 0.25) is 5.02 Å². The van der Waals surface area contributed by atoms with E-state index >= 15 is 0 Å². The summed E-state index contributed by atoms with van der Waals surface area (Å²) in [5, 5.41) is 10.5. The van der Waals surface area contributed by atoms with Crippen molar-refractivity contribution in [2.24, 2.45) is 5.92 Å². The minimum Gasteiger partial charge on any atom is -0.393 e. The molecule has 1 saturated carbocycles. The zero-order valence-corrected chi connectivity index (χ0v) is 9.04. The molecule has 0 radical (unpaired) electrons. The standard InChI is InChI=1S/C12H15ClO/c1-8(14)12(9-2-3-9)10-4-6-11(13)7-5-10/h4-9,12,14H,2-3H2,1H3. The summed E-state index contributed by atoms with van der Waals surface area (Å²) in [6.07, 6.45) is 2.24. The van der Waals surface area contributed by atoms with E-state index in [4.69, 9.17) is 11.6 Å². The Kier molecular flexibility index (Phi) is 2.80. The number of hydrogen-bond donors (Lipinski definition) is 1. The van der Waals surface area contributed by atoms with Crippen LogP contribution in [-0.4, -0.2) is 11.2 Å². The summed E-state index contributed by atoms with van der Waals surface area (Å²) < 4.78 is 0. The van der Waals surface area contributed by atoms with Crippen LogP contribution in [0.1, 0.15) is 31.2 Å². The van der Waals surface area contributed by atoms with Crippen molar-refractivity contribution in [2.75, 3.05) is 0 Å². The number of benzene rings is 1. The molecule has 76 valence electrons. The first-order chi connectivity index (χ1) is 6.68. The minimum atomic E-state index is -0.260. The third-order valence-corrected chi connectivity index (χ3v) is 3.16. The van der Waals surface area contributed by atoms with Crippen LogP contribution in [0.15, 0.2) is 24.3 Å². The normalized spacial score (nSPS) is 20.5. The summed E-state index contributed by atoms with van der Waals surface area (Å²) in [4.78, 5) is 0. The van der Waals surface area contributed by atoms with E-state index in [1.807, 2.05) is 31.2 Å². The maximum absolute atomic E-state index is 9.71. The Labute approximate surface area is 89.7 Å². The second-order valence-electron chi connectivity index (χ2n) is 4.16. The summed E-state index contributed by atoms with van der Waals surface area (Å²) >= 11 is 5.83. The second kappa shape index (κ2) is 3.92. The molecule has 0 amide bonds. The molecule has 1 N–H and O–H groups in total. The molecular formula is C12H15ClO. The zero-order chi connectivity index (χ0) is 10.1. The predicted molar refractivity (Wildman–Crippen MR) is 58.6 cm³/mol. The molecule has 0 saturated heterocycles. The molecule has 2 heteroatoms. The second-order valence-corrected chi connectivity index (χ2v) is 4.59. The van der Waals surface area contributed by atoms with Crippen LogP contribution in [0.3, 0.4) is 0 Å². The predicted octanol–water partition coefficient (Wildman–Crippen LogP) is 3.21. The van der Waals surface area contributed by atoms with Gasteiger partial charge in [0, 0.05) is 10.9 Å². The topological polar surface area (TPSA) is 20.2 Å². The SMILES string of the molecule is CC(O)C(c1ccc(Cl)cc1)C1CC1. The van der Waals surface area contributed by atoms with E-state index in [0.717, 1.165) is 5.02 Å². The lowest BCUT2D eigenvalue weighted by molar-refractivity contribution is 0.152. The van der Waals surface area contributed by atoms with Crippen molar-refractivity contribution in [1.82, 2.24) is 0 Å². The average molecular weight is 211 g/mol. The maximum atomic E-state index is 9.71. The Morgan fingerprint density at radius 2 is 1.86 bits per heavy atom. The fourth-order valence-electron chi connectivity index (χ4n) is 2.08.